The molecule has 78 valence electrons. The number of benzene rings is 1. The van der Waals surface area contributed by atoms with Crippen LogP contribution in [0.2, 0.25) is 15.1 Å². The summed E-state index contributed by atoms with van der Waals surface area (Å²) in [6.07, 6.45) is 0. The zero-order valence-electron chi connectivity index (χ0n) is 7.61. The first-order valence-electron chi connectivity index (χ1n) is 3.79. The molecule has 0 aliphatic rings. The minimum Gasteiger partial charge on any atom is -0.459 e. The van der Waals surface area contributed by atoms with Crippen molar-refractivity contribution < 1.29 is 9.53 Å². The van der Waals surface area contributed by atoms with E-state index >= 15 is 0 Å². The summed E-state index contributed by atoms with van der Waals surface area (Å²) in [7, 11) is 1.25. The summed E-state index contributed by atoms with van der Waals surface area (Å²) in [5.74, 6) is 4.18. The van der Waals surface area contributed by atoms with Crippen LogP contribution < -0.4 is 0 Å². The van der Waals surface area contributed by atoms with Gasteiger partial charge in [-0.05, 0) is 12.1 Å². The lowest BCUT2D eigenvalue weighted by Gasteiger charge is -1.99. The zero-order chi connectivity index (χ0) is 11.4. The summed E-state index contributed by atoms with van der Waals surface area (Å²) in [5.41, 5.74) is 0.500. The molecule has 0 saturated heterocycles. The maximum Gasteiger partial charge on any atom is 0.384 e. The summed E-state index contributed by atoms with van der Waals surface area (Å²) >= 11 is 17.3. The molecular formula is C10H5Cl3O2. The molecule has 0 N–H and O–H groups in total. The highest BCUT2D eigenvalue weighted by atomic mass is 35.5. The summed E-state index contributed by atoms with van der Waals surface area (Å²) in [6.45, 7) is 0. The van der Waals surface area contributed by atoms with E-state index in [0.717, 1.165) is 0 Å². The van der Waals surface area contributed by atoms with Gasteiger partial charge in [0.2, 0.25) is 0 Å². The highest BCUT2D eigenvalue weighted by Crippen LogP contribution is 2.30. The predicted molar refractivity (Wildman–Crippen MR) is 60.4 cm³/mol. The first-order chi connectivity index (χ1) is 7.04. The summed E-state index contributed by atoms with van der Waals surface area (Å²) in [4.78, 5) is 10.7. The molecule has 5 heteroatoms. The van der Waals surface area contributed by atoms with Crippen molar-refractivity contribution in [2.24, 2.45) is 0 Å². The fourth-order valence-electron chi connectivity index (χ4n) is 0.802. The molecule has 0 aliphatic heterocycles. The largest absolute Gasteiger partial charge is 0.459 e. The van der Waals surface area contributed by atoms with Crippen LogP contribution in [0.4, 0.5) is 0 Å². The van der Waals surface area contributed by atoms with Gasteiger partial charge in [0.15, 0.2) is 0 Å². The van der Waals surface area contributed by atoms with Gasteiger partial charge in [-0.25, -0.2) is 4.79 Å². The molecule has 2 nitrogen and oxygen atoms in total. The Morgan fingerprint density at radius 3 is 2.27 bits per heavy atom. The van der Waals surface area contributed by atoms with Crippen molar-refractivity contribution in [1.29, 1.82) is 0 Å². The van der Waals surface area contributed by atoms with Crippen LogP contribution >= 0.6 is 34.8 Å². The van der Waals surface area contributed by atoms with Crippen LogP contribution in [0.15, 0.2) is 12.1 Å². The summed E-state index contributed by atoms with van der Waals surface area (Å²) < 4.78 is 4.35. The van der Waals surface area contributed by atoms with Gasteiger partial charge in [-0.1, -0.05) is 40.7 Å². The van der Waals surface area contributed by atoms with Crippen LogP contribution in [-0.2, 0) is 9.53 Å². The molecule has 0 radical (unpaired) electrons. The Morgan fingerprint density at radius 2 is 1.80 bits per heavy atom. The van der Waals surface area contributed by atoms with Crippen molar-refractivity contribution in [2.45, 2.75) is 0 Å². The Kier molecular flexibility index (Phi) is 4.28. The van der Waals surface area contributed by atoms with Crippen molar-refractivity contribution in [3.8, 4) is 11.8 Å². The van der Waals surface area contributed by atoms with E-state index in [1.165, 1.54) is 19.2 Å². The van der Waals surface area contributed by atoms with E-state index in [0.29, 0.717) is 15.6 Å². The molecule has 0 fully saturated rings. The molecule has 1 rings (SSSR count). The van der Waals surface area contributed by atoms with Crippen LogP contribution in [0.1, 0.15) is 5.56 Å². The quantitative estimate of drug-likeness (QED) is 0.408. The predicted octanol–water partition coefficient (Wildman–Crippen LogP) is 3.17. The number of methoxy groups -OCH3 is 1. The number of hydrogen-bond donors (Lipinski definition) is 0. The van der Waals surface area contributed by atoms with Gasteiger partial charge in [0, 0.05) is 11.5 Å². The second kappa shape index (κ2) is 5.27. The summed E-state index contributed by atoms with van der Waals surface area (Å²) in [6, 6.07) is 3.04. The van der Waals surface area contributed by atoms with Crippen molar-refractivity contribution in [3.05, 3.63) is 32.8 Å². The fraction of sp³-hybridized carbons (Fsp3) is 0.100. The van der Waals surface area contributed by atoms with E-state index in [9.17, 15) is 4.79 Å². The molecule has 0 bridgehead atoms. The fourth-order valence-corrected chi connectivity index (χ4v) is 1.40. The van der Waals surface area contributed by atoms with Gasteiger partial charge in [0.25, 0.3) is 0 Å². The van der Waals surface area contributed by atoms with Gasteiger partial charge in [0.05, 0.1) is 22.2 Å². The van der Waals surface area contributed by atoms with E-state index in [1.807, 2.05) is 0 Å². The number of rotatable bonds is 0. The van der Waals surface area contributed by atoms with Gasteiger partial charge in [0.1, 0.15) is 0 Å². The first kappa shape index (κ1) is 12.2. The highest BCUT2D eigenvalue weighted by Gasteiger charge is 2.04. The third-order valence-corrected chi connectivity index (χ3v) is 2.67. The minimum absolute atomic E-state index is 0.266. The molecule has 0 heterocycles. The van der Waals surface area contributed by atoms with Crippen LogP contribution in [-0.4, -0.2) is 13.1 Å². The number of halogens is 3. The average molecular weight is 264 g/mol. The molecule has 15 heavy (non-hydrogen) atoms. The summed E-state index contributed by atoms with van der Waals surface area (Å²) in [5, 5.41) is 0.846. The zero-order valence-corrected chi connectivity index (χ0v) is 9.87. The van der Waals surface area contributed by atoms with E-state index in [1.54, 1.807) is 0 Å². The highest BCUT2D eigenvalue weighted by molar-refractivity contribution is 6.48. The third kappa shape index (κ3) is 3.32. The molecular weight excluding hydrogens is 258 g/mol. The third-order valence-electron chi connectivity index (χ3n) is 1.48. The molecule has 0 spiro atoms. The lowest BCUT2D eigenvalue weighted by Crippen LogP contribution is -1.94. The van der Waals surface area contributed by atoms with E-state index in [4.69, 9.17) is 34.8 Å². The number of esters is 1. The van der Waals surface area contributed by atoms with Crippen molar-refractivity contribution in [3.63, 3.8) is 0 Å². The Bertz CT molecular complexity index is 434. The normalized spacial score (nSPS) is 9.07. The van der Waals surface area contributed by atoms with Gasteiger partial charge in [-0.2, -0.15) is 0 Å². The maximum atomic E-state index is 10.7. The number of hydrogen-bond acceptors (Lipinski definition) is 2. The van der Waals surface area contributed by atoms with E-state index < -0.39 is 5.97 Å². The lowest BCUT2D eigenvalue weighted by molar-refractivity contribution is -0.133. The second-order valence-electron chi connectivity index (χ2n) is 2.50. The molecule has 0 aliphatic carbocycles. The van der Waals surface area contributed by atoms with Gasteiger partial charge in [-0.15, -0.1) is 0 Å². The van der Waals surface area contributed by atoms with Crippen LogP contribution in [0, 0.1) is 11.8 Å². The maximum absolute atomic E-state index is 10.7. The smallest absolute Gasteiger partial charge is 0.384 e. The van der Waals surface area contributed by atoms with Crippen molar-refractivity contribution >= 4 is 40.8 Å². The van der Waals surface area contributed by atoms with Crippen LogP contribution in [0.25, 0.3) is 0 Å². The molecule has 0 aromatic heterocycles. The number of ether oxygens (including phenoxy) is 1. The molecule has 0 unspecified atom stereocenters. The minimum atomic E-state index is -0.628. The van der Waals surface area contributed by atoms with Gasteiger partial charge >= 0.3 is 5.97 Å². The Morgan fingerprint density at radius 1 is 1.27 bits per heavy atom. The molecule has 0 atom stereocenters. The van der Waals surface area contributed by atoms with Gasteiger partial charge in [-0.3, -0.25) is 0 Å². The molecule has 0 amide bonds. The standard InChI is InChI=1S/C10H5Cl3O2/c1-15-9(14)3-2-6-4-7(11)10(13)8(12)5-6/h4-5H,1H3. The monoisotopic (exact) mass is 262 g/mol. The molecule has 1 aromatic carbocycles. The topological polar surface area (TPSA) is 26.3 Å². The van der Waals surface area contributed by atoms with Crippen molar-refractivity contribution in [2.75, 3.05) is 7.11 Å². The molecule has 0 saturated carbocycles. The van der Waals surface area contributed by atoms with Gasteiger partial charge < -0.3 is 4.74 Å². The SMILES string of the molecule is COC(=O)C#Cc1cc(Cl)c(Cl)c(Cl)c1. The Balaban J connectivity index is 3.06. The van der Waals surface area contributed by atoms with Crippen LogP contribution in [0.3, 0.4) is 0 Å². The molecule has 1 aromatic rings. The second-order valence-corrected chi connectivity index (χ2v) is 3.69. The number of carbonyl (C=O) groups excluding carboxylic acids is 1. The van der Waals surface area contributed by atoms with Crippen molar-refractivity contribution in [1.82, 2.24) is 0 Å². The lowest BCUT2D eigenvalue weighted by atomic mass is 10.2. The Labute approximate surface area is 102 Å². The van der Waals surface area contributed by atoms with E-state index in [2.05, 4.69) is 16.6 Å². The van der Waals surface area contributed by atoms with Crippen LogP contribution in [0.5, 0.6) is 0 Å². The average Bonchev–Trinajstić information content (AvgIpc) is 2.22. The number of carbonyl (C=O) groups is 1. The Hall–Kier alpha value is -0.880. The van der Waals surface area contributed by atoms with E-state index in [-0.39, 0.29) is 5.02 Å². The first-order valence-corrected chi connectivity index (χ1v) is 4.92.